The summed E-state index contributed by atoms with van der Waals surface area (Å²) in [5, 5.41) is 10.4. The summed E-state index contributed by atoms with van der Waals surface area (Å²) < 4.78 is 10.1. The fourth-order valence-electron chi connectivity index (χ4n) is 3.20. The molecular weight excluding hydrogens is 432 g/mol. The third-order valence-electron chi connectivity index (χ3n) is 6.10. The van der Waals surface area contributed by atoms with Gasteiger partial charge in [-0.25, -0.2) is 0 Å². The van der Waals surface area contributed by atoms with E-state index >= 15 is 0 Å². The van der Waals surface area contributed by atoms with Gasteiger partial charge in [0, 0.05) is 31.8 Å². The van der Waals surface area contributed by atoms with Crippen molar-refractivity contribution in [3.8, 4) is 0 Å². The number of carbonyl (C=O) groups is 3. The molecular formula is C28H44O6. The molecule has 0 radical (unpaired) electrons. The lowest BCUT2D eigenvalue weighted by Crippen LogP contribution is -2.22. The Morgan fingerprint density at radius 3 is 2.24 bits per heavy atom. The van der Waals surface area contributed by atoms with E-state index in [4.69, 9.17) is 9.47 Å². The highest BCUT2D eigenvalue weighted by molar-refractivity contribution is 5.83. The van der Waals surface area contributed by atoms with E-state index in [1.165, 1.54) is 0 Å². The Labute approximate surface area is 205 Å². The van der Waals surface area contributed by atoms with Crippen LogP contribution in [0.2, 0.25) is 0 Å². The zero-order chi connectivity index (χ0) is 26.1. The molecule has 0 aliphatic rings. The summed E-state index contributed by atoms with van der Waals surface area (Å²) in [7, 11) is 1.68. The third-order valence-corrected chi connectivity index (χ3v) is 6.10. The Balaban J connectivity index is 4.57. The Bertz CT molecular complexity index is 746. The van der Waals surface area contributed by atoms with Gasteiger partial charge in [-0.15, -0.1) is 0 Å². The van der Waals surface area contributed by atoms with Gasteiger partial charge >= 0.3 is 0 Å². The monoisotopic (exact) mass is 476 g/mol. The second-order valence-electron chi connectivity index (χ2n) is 8.90. The van der Waals surface area contributed by atoms with Gasteiger partial charge in [0.1, 0.15) is 17.7 Å². The van der Waals surface area contributed by atoms with E-state index < -0.39 is 18.1 Å². The lowest BCUT2D eigenvalue weighted by molar-refractivity contribution is -0.136. The van der Waals surface area contributed by atoms with Crippen molar-refractivity contribution in [3.63, 3.8) is 0 Å². The standard InChI is InChI=1S/C28H44O6/c1-8-25(34-19-29)17-26(30)22(4)16-23(5)28(32)18-27(31)21(3)15-13-11-9-10-12-14-20(2)24(6)33-7/h9-12,14,16,19,21-22,24-25,28,32H,8,13,15,17-18H2,1-7H3/b11-9+,12-10+,20-14+,23-16+/t21-,22-,24+,25-,28+/m1/s1. The van der Waals surface area contributed by atoms with Crippen LogP contribution in [0.1, 0.15) is 73.6 Å². The van der Waals surface area contributed by atoms with Gasteiger partial charge in [-0.05, 0) is 51.2 Å². The molecule has 0 aromatic rings. The molecule has 5 atom stereocenters. The van der Waals surface area contributed by atoms with Crippen molar-refractivity contribution in [3.05, 3.63) is 47.6 Å². The molecule has 192 valence electrons. The van der Waals surface area contributed by atoms with E-state index in [1.54, 1.807) is 27.0 Å². The number of hydrogen-bond donors (Lipinski definition) is 1. The fraction of sp³-hybridized carbons (Fsp3) is 0.607. The highest BCUT2D eigenvalue weighted by atomic mass is 16.5. The zero-order valence-electron chi connectivity index (χ0n) is 22.0. The molecule has 0 saturated carbocycles. The molecule has 0 aromatic carbocycles. The van der Waals surface area contributed by atoms with Crippen LogP contribution in [0.3, 0.4) is 0 Å². The number of ether oxygens (including phenoxy) is 2. The van der Waals surface area contributed by atoms with E-state index in [9.17, 15) is 19.5 Å². The van der Waals surface area contributed by atoms with Crippen molar-refractivity contribution in [1.82, 2.24) is 0 Å². The molecule has 0 unspecified atom stereocenters. The molecule has 0 heterocycles. The predicted octanol–water partition coefficient (Wildman–Crippen LogP) is 5.31. The SMILES string of the molecule is CC[C@H](CC(=O)[C@H](C)/C=C(\C)[C@@H](O)CC(=O)[C@H](C)CC/C=C/C=C/C=C(\C)[C@H](C)OC)OC=O. The van der Waals surface area contributed by atoms with Gasteiger partial charge in [0.2, 0.25) is 0 Å². The molecule has 0 spiro atoms. The molecule has 6 nitrogen and oxygen atoms in total. The van der Waals surface area contributed by atoms with Gasteiger partial charge in [-0.1, -0.05) is 57.2 Å². The fourth-order valence-corrected chi connectivity index (χ4v) is 3.20. The van der Waals surface area contributed by atoms with E-state index in [-0.39, 0.29) is 36.4 Å². The van der Waals surface area contributed by atoms with Crippen LogP contribution in [0.4, 0.5) is 0 Å². The summed E-state index contributed by atoms with van der Waals surface area (Å²) in [4.78, 5) is 35.4. The molecule has 6 heteroatoms. The highest BCUT2D eigenvalue weighted by Gasteiger charge is 2.21. The molecule has 0 aliphatic carbocycles. The van der Waals surface area contributed by atoms with Crippen molar-refractivity contribution in [2.24, 2.45) is 11.8 Å². The number of Topliss-reactive ketones (excluding diaryl/α,β-unsaturated/α-hetero) is 2. The van der Waals surface area contributed by atoms with Gasteiger partial charge in [-0.3, -0.25) is 14.4 Å². The number of rotatable bonds is 18. The second kappa shape index (κ2) is 18.1. The van der Waals surface area contributed by atoms with Crippen LogP contribution in [0.15, 0.2) is 47.6 Å². The van der Waals surface area contributed by atoms with Crippen molar-refractivity contribution < 1.29 is 29.0 Å². The largest absolute Gasteiger partial charge is 0.464 e. The average molecular weight is 477 g/mol. The number of carbonyl (C=O) groups excluding carboxylic acids is 3. The number of aliphatic hydroxyl groups is 1. The molecule has 34 heavy (non-hydrogen) atoms. The van der Waals surface area contributed by atoms with Crippen LogP contribution in [0, 0.1) is 11.8 Å². The first-order valence-corrected chi connectivity index (χ1v) is 12.1. The number of allylic oxidation sites excluding steroid dienone is 6. The minimum atomic E-state index is -0.915. The van der Waals surface area contributed by atoms with Gasteiger partial charge < -0.3 is 14.6 Å². The molecule has 0 bridgehead atoms. The lowest BCUT2D eigenvalue weighted by atomic mass is 9.92. The molecule has 0 amide bonds. The van der Waals surface area contributed by atoms with Gasteiger partial charge in [0.05, 0.1) is 12.2 Å². The Morgan fingerprint density at radius 2 is 1.65 bits per heavy atom. The van der Waals surface area contributed by atoms with Crippen LogP contribution >= 0.6 is 0 Å². The molecule has 0 aliphatic heterocycles. The first-order valence-electron chi connectivity index (χ1n) is 12.1. The van der Waals surface area contributed by atoms with Crippen molar-refractivity contribution >= 4 is 18.0 Å². The van der Waals surface area contributed by atoms with Crippen molar-refractivity contribution in [2.45, 2.75) is 92.0 Å². The highest BCUT2D eigenvalue weighted by Crippen LogP contribution is 2.18. The van der Waals surface area contributed by atoms with Crippen molar-refractivity contribution in [2.75, 3.05) is 7.11 Å². The molecule has 0 fully saturated rings. The summed E-state index contributed by atoms with van der Waals surface area (Å²) in [6.07, 6.45) is 12.5. The number of methoxy groups -OCH3 is 1. The molecule has 1 N–H and O–H groups in total. The Hall–Kier alpha value is -2.31. The smallest absolute Gasteiger partial charge is 0.293 e. The van der Waals surface area contributed by atoms with Crippen molar-refractivity contribution in [1.29, 1.82) is 0 Å². The van der Waals surface area contributed by atoms with Crippen LogP contribution in [0.25, 0.3) is 0 Å². The minimum absolute atomic E-state index is 0.000660. The van der Waals surface area contributed by atoms with Crippen LogP contribution in [-0.2, 0) is 23.9 Å². The minimum Gasteiger partial charge on any atom is -0.464 e. The zero-order valence-corrected chi connectivity index (χ0v) is 22.0. The summed E-state index contributed by atoms with van der Waals surface area (Å²) in [5.41, 5.74) is 1.74. The maximum absolute atomic E-state index is 12.5. The third kappa shape index (κ3) is 13.4. The topological polar surface area (TPSA) is 89.9 Å². The molecule has 0 rings (SSSR count). The second-order valence-corrected chi connectivity index (χ2v) is 8.90. The van der Waals surface area contributed by atoms with E-state index in [0.29, 0.717) is 24.9 Å². The first-order chi connectivity index (χ1) is 16.1. The van der Waals surface area contributed by atoms with Crippen LogP contribution in [0.5, 0.6) is 0 Å². The van der Waals surface area contributed by atoms with Gasteiger partial charge in [-0.2, -0.15) is 0 Å². The van der Waals surface area contributed by atoms with E-state index in [2.05, 4.69) is 0 Å². The maximum atomic E-state index is 12.5. The summed E-state index contributed by atoms with van der Waals surface area (Å²) in [6, 6.07) is 0. The summed E-state index contributed by atoms with van der Waals surface area (Å²) >= 11 is 0. The molecule has 0 saturated heterocycles. The average Bonchev–Trinajstić information content (AvgIpc) is 2.81. The van der Waals surface area contributed by atoms with E-state index in [0.717, 1.165) is 12.0 Å². The normalized spacial score (nSPS) is 17.4. The van der Waals surface area contributed by atoms with Gasteiger partial charge in [0.15, 0.2) is 0 Å². The first kappa shape index (κ1) is 31.7. The Morgan fingerprint density at radius 1 is 0.971 bits per heavy atom. The lowest BCUT2D eigenvalue weighted by Gasteiger charge is -2.17. The van der Waals surface area contributed by atoms with Crippen LogP contribution in [-0.4, -0.2) is 48.6 Å². The molecule has 0 aromatic heterocycles. The summed E-state index contributed by atoms with van der Waals surface area (Å²) in [5.74, 6) is -0.660. The number of ketones is 2. The quantitative estimate of drug-likeness (QED) is 0.164. The Kier molecular flexibility index (Phi) is 16.8. The van der Waals surface area contributed by atoms with Crippen LogP contribution < -0.4 is 0 Å². The predicted molar refractivity (Wildman–Crippen MR) is 136 cm³/mol. The number of hydrogen-bond acceptors (Lipinski definition) is 6. The maximum Gasteiger partial charge on any atom is 0.293 e. The van der Waals surface area contributed by atoms with Gasteiger partial charge in [0.25, 0.3) is 6.47 Å². The number of aliphatic hydroxyl groups excluding tert-OH is 1. The summed E-state index contributed by atoms with van der Waals surface area (Å²) in [6.45, 7) is 11.6. The van der Waals surface area contributed by atoms with E-state index in [1.807, 2.05) is 58.1 Å².